The second kappa shape index (κ2) is 7.18. The topological polar surface area (TPSA) is 83.6 Å². The Balaban J connectivity index is 1.69. The van der Waals surface area contributed by atoms with Crippen molar-refractivity contribution in [3.63, 3.8) is 0 Å². The Bertz CT molecular complexity index is 845. The quantitative estimate of drug-likeness (QED) is 0.593. The number of sulfone groups is 1. The van der Waals surface area contributed by atoms with E-state index in [-0.39, 0.29) is 17.4 Å². The molecule has 0 aromatic carbocycles. The van der Waals surface area contributed by atoms with Crippen molar-refractivity contribution < 1.29 is 18.0 Å². The maximum Gasteiger partial charge on any atom is 0.266 e. The summed E-state index contributed by atoms with van der Waals surface area (Å²) in [6.45, 7) is 1.59. The van der Waals surface area contributed by atoms with Crippen LogP contribution in [0.4, 0.5) is 0 Å². The molecule has 1 aromatic rings. The summed E-state index contributed by atoms with van der Waals surface area (Å²) < 4.78 is 23.3. The molecule has 6 nitrogen and oxygen atoms in total. The van der Waals surface area contributed by atoms with E-state index in [9.17, 15) is 18.0 Å². The molecule has 2 aliphatic rings. The van der Waals surface area contributed by atoms with Crippen LogP contribution in [0.25, 0.3) is 6.08 Å². The van der Waals surface area contributed by atoms with E-state index in [1.54, 1.807) is 13.0 Å². The number of carbonyl (C=O) groups excluding carboxylic acids is 2. The molecule has 2 saturated heterocycles. The van der Waals surface area contributed by atoms with E-state index < -0.39 is 27.8 Å². The molecule has 0 bridgehead atoms. The van der Waals surface area contributed by atoms with Crippen molar-refractivity contribution in [1.82, 2.24) is 10.2 Å². The van der Waals surface area contributed by atoms with Gasteiger partial charge in [0.15, 0.2) is 9.84 Å². The Hall–Kier alpha value is -1.23. The van der Waals surface area contributed by atoms with Gasteiger partial charge in [0.1, 0.15) is 10.4 Å². The molecule has 1 aromatic heterocycles. The van der Waals surface area contributed by atoms with E-state index in [2.05, 4.69) is 5.32 Å². The minimum Gasteiger partial charge on any atom is -0.351 e. The third-order valence-corrected chi connectivity index (χ3v) is 7.90. The average molecular weight is 417 g/mol. The zero-order valence-electron chi connectivity index (χ0n) is 13.3. The zero-order valence-corrected chi connectivity index (χ0v) is 16.6. The van der Waals surface area contributed by atoms with Gasteiger partial charge < -0.3 is 5.32 Å². The van der Waals surface area contributed by atoms with Gasteiger partial charge in [0.05, 0.1) is 16.4 Å². The van der Waals surface area contributed by atoms with E-state index >= 15 is 0 Å². The van der Waals surface area contributed by atoms with Crippen LogP contribution in [-0.2, 0) is 19.4 Å². The number of thiophene rings is 1. The van der Waals surface area contributed by atoms with Gasteiger partial charge in [-0.25, -0.2) is 8.42 Å². The first-order chi connectivity index (χ1) is 11.8. The highest BCUT2D eigenvalue weighted by Crippen LogP contribution is 2.34. The lowest BCUT2D eigenvalue weighted by Gasteiger charge is -2.23. The maximum atomic E-state index is 12.6. The first-order valence-corrected chi connectivity index (χ1v) is 11.5. The number of nitrogens with zero attached hydrogens (tertiary/aromatic N) is 1. The summed E-state index contributed by atoms with van der Waals surface area (Å²) in [4.78, 5) is 27.7. The molecule has 1 N–H and O–H groups in total. The molecule has 2 fully saturated rings. The zero-order chi connectivity index (χ0) is 18.2. The van der Waals surface area contributed by atoms with E-state index in [1.807, 2.05) is 17.5 Å². The predicted molar refractivity (Wildman–Crippen MR) is 104 cm³/mol. The molecule has 0 aliphatic carbocycles. The Morgan fingerprint density at radius 3 is 2.88 bits per heavy atom. The number of thiocarbonyl (C=S) groups is 1. The summed E-state index contributed by atoms with van der Waals surface area (Å²) in [5.41, 5.74) is 0. The Kier molecular flexibility index (Phi) is 5.33. The normalized spacial score (nSPS) is 25.6. The van der Waals surface area contributed by atoms with Gasteiger partial charge >= 0.3 is 0 Å². The molecule has 25 heavy (non-hydrogen) atoms. The number of hydrogen-bond acceptors (Lipinski definition) is 7. The number of rotatable bonds is 4. The summed E-state index contributed by atoms with van der Waals surface area (Å²) in [5, 5.41) is 4.63. The highest BCUT2D eigenvalue weighted by molar-refractivity contribution is 8.26. The molecule has 2 aliphatic heterocycles. The van der Waals surface area contributed by atoms with Crippen molar-refractivity contribution in [2.75, 3.05) is 11.5 Å². The number of nitrogens with one attached hydrogen (secondary N) is 1. The molecular formula is C15H16N2O4S4. The van der Waals surface area contributed by atoms with Crippen molar-refractivity contribution >= 4 is 67.4 Å². The van der Waals surface area contributed by atoms with E-state index in [4.69, 9.17) is 12.2 Å². The van der Waals surface area contributed by atoms with Gasteiger partial charge in [-0.1, -0.05) is 30.0 Å². The van der Waals surface area contributed by atoms with Crippen LogP contribution >= 0.6 is 35.3 Å². The molecular weight excluding hydrogens is 400 g/mol. The highest BCUT2D eigenvalue weighted by Gasteiger charge is 2.39. The standard InChI is InChI=1S/C15H16N2O4S4/c1-9(13(18)16-10-4-6-25(20,21)8-10)17-14(19)12(24-15(17)22)7-11-3-2-5-23-11/h2-3,5,7,9-10H,4,6,8H2,1H3,(H,16,18)/b12-7-/t9-,10-/m0/s1. The maximum absolute atomic E-state index is 12.6. The second-order valence-corrected chi connectivity index (χ2v) is 10.7. The Morgan fingerprint density at radius 1 is 1.52 bits per heavy atom. The number of hydrogen-bond donors (Lipinski definition) is 1. The first-order valence-electron chi connectivity index (χ1n) is 7.58. The van der Waals surface area contributed by atoms with Crippen molar-refractivity contribution in [3.05, 3.63) is 27.3 Å². The van der Waals surface area contributed by atoms with Gasteiger partial charge in [-0.15, -0.1) is 11.3 Å². The largest absolute Gasteiger partial charge is 0.351 e. The van der Waals surface area contributed by atoms with E-state index in [1.165, 1.54) is 28.0 Å². The van der Waals surface area contributed by atoms with E-state index in [0.29, 0.717) is 15.6 Å². The molecule has 2 amide bonds. The van der Waals surface area contributed by atoms with Crippen molar-refractivity contribution in [3.8, 4) is 0 Å². The highest BCUT2D eigenvalue weighted by atomic mass is 32.2. The van der Waals surface area contributed by atoms with Crippen LogP contribution in [0.5, 0.6) is 0 Å². The van der Waals surface area contributed by atoms with Crippen molar-refractivity contribution in [2.45, 2.75) is 25.4 Å². The lowest BCUT2D eigenvalue weighted by Crippen LogP contribution is -2.50. The van der Waals surface area contributed by atoms with Crippen LogP contribution in [0.2, 0.25) is 0 Å². The number of thioether (sulfide) groups is 1. The molecule has 0 saturated carbocycles. The third-order valence-electron chi connectivity index (χ3n) is 3.99. The number of amides is 2. The second-order valence-electron chi connectivity index (χ2n) is 5.85. The van der Waals surface area contributed by atoms with Gasteiger partial charge in [-0.05, 0) is 30.9 Å². The van der Waals surface area contributed by atoms with Crippen LogP contribution in [-0.4, -0.2) is 53.0 Å². The van der Waals surface area contributed by atoms with E-state index in [0.717, 1.165) is 4.88 Å². The molecule has 0 unspecified atom stereocenters. The fraction of sp³-hybridized carbons (Fsp3) is 0.400. The number of carbonyl (C=O) groups is 2. The predicted octanol–water partition coefficient (Wildman–Crippen LogP) is 1.64. The summed E-state index contributed by atoms with van der Waals surface area (Å²) >= 11 is 7.94. The smallest absolute Gasteiger partial charge is 0.266 e. The molecule has 2 atom stereocenters. The van der Waals surface area contributed by atoms with Gasteiger partial charge in [0.25, 0.3) is 5.91 Å². The fourth-order valence-electron chi connectivity index (χ4n) is 2.66. The average Bonchev–Trinajstić information content (AvgIpc) is 3.21. The van der Waals surface area contributed by atoms with Crippen LogP contribution in [0.1, 0.15) is 18.2 Å². The Labute approximate surface area is 159 Å². The van der Waals surface area contributed by atoms with Crippen LogP contribution < -0.4 is 5.32 Å². The molecule has 0 radical (unpaired) electrons. The summed E-state index contributed by atoms with van der Waals surface area (Å²) in [6.07, 6.45) is 2.16. The lowest BCUT2D eigenvalue weighted by atomic mass is 10.2. The molecule has 3 heterocycles. The molecule has 0 spiro atoms. The third kappa shape index (κ3) is 4.13. The van der Waals surface area contributed by atoms with Crippen molar-refractivity contribution in [2.24, 2.45) is 0 Å². The van der Waals surface area contributed by atoms with Gasteiger partial charge in [0.2, 0.25) is 5.91 Å². The fourth-order valence-corrected chi connectivity index (χ4v) is 6.48. The summed E-state index contributed by atoms with van der Waals surface area (Å²) in [5.74, 6) is -0.667. The van der Waals surface area contributed by atoms with Crippen LogP contribution in [0.15, 0.2) is 22.4 Å². The lowest BCUT2D eigenvalue weighted by molar-refractivity contribution is -0.132. The molecule has 3 rings (SSSR count). The minimum absolute atomic E-state index is 0.0534. The van der Waals surface area contributed by atoms with Crippen LogP contribution in [0, 0.1) is 0 Å². The summed E-state index contributed by atoms with van der Waals surface area (Å²) in [7, 11) is -3.08. The van der Waals surface area contributed by atoms with Crippen LogP contribution in [0.3, 0.4) is 0 Å². The first kappa shape index (κ1) is 18.6. The SMILES string of the molecule is C[C@@H](C(=O)N[C@H]1CCS(=O)(=O)C1)N1C(=O)/C(=C/c2cccs2)SC1=S. The van der Waals surface area contributed by atoms with Gasteiger partial charge in [0, 0.05) is 10.9 Å². The molecule has 10 heteroatoms. The van der Waals surface area contributed by atoms with Gasteiger partial charge in [-0.2, -0.15) is 0 Å². The molecule has 134 valence electrons. The summed E-state index contributed by atoms with van der Waals surface area (Å²) in [6, 6.07) is 2.60. The Morgan fingerprint density at radius 2 is 2.28 bits per heavy atom. The minimum atomic E-state index is -3.08. The monoisotopic (exact) mass is 416 g/mol. The van der Waals surface area contributed by atoms with Crippen molar-refractivity contribution in [1.29, 1.82) is 0 Å². The van der Waals surface area contributed by atoms with Gasteiger partial charge in [-0.3, -0.25) is 14.5 Å².